The van der Waals surface area contributed by atoms with Crippen LogP contribution in [0.2, 0.25) is 0 Å². The molecule has 1 N–H and O–H groups in total. The number of aliphatic hydroxyl groups is 1. The molecule has 5 heteroatoms. The number of hydrogen-bond acceptors (Lipinski definition) is 5. The SMILES string of the molecule is CC(C)N1CCC(N(C)CC(O)CN2CCOCC2)CC1. The van der Waals surface area contributed by atoms with E-state index in [4.69, 9.17) is 4.74 Å². The summed E-state index contributed by atoms with van der Waals surface area (Å²) in [7, 11) is 2.16. The number of piperidine rings is 1. The average molecular weight is 299 g/mol. The molecule has 0 aromatic rings. The van der Waals surface area contributed by atoms with E-state index in [1.54, 1.807) is 0 Å². The van der Waals surface area contributed by atoms with E-state index in [1.165, 1.54) is 25.9 Å². The van der Waals surface area contributed by atoms with Gasteiger partial charge in [0.05, 0.1) is 19.3 Å². The fraction of sp³-hybridized carbons (Fsp3) is 1.00. The number of ether oxygens (including phenoxy) is 1. The van der Waals surface area contributed by atoms with Crippen LogP contribution in [-0.4, -0.2) is 97.5 Å². The van der Waals surface area contributed by atoms with Crippen molar-refractivity contribution in [2.24, 2.45) is 0 Å². The van der Waals surface area contributed by atoms with Crippen molar-refractivity contribution in [3.8, 4) is 0 Å². The van der Waals surface area contributed by atoms with E-state index < -0.39 is 0 Å². The van der Waals surface area contributed by atoms with Gasteiger partial charge in [-0.15, -0.1) is 0 Å². The van der Waals surface area contributed by atoms with Gasteiger partial charge in [-0.05, 0) is 46.8 Å². The molecule has 1 unspecified atom stereocenters. The quantitative estimate of drug-likeness (QED) is 0.773. The Labute approximate surface area is 129 Å². The van der Waals surface area contributed by atoms with Crippen LogP contribution < -0.4 is 0 Å². The lowest BCUT2D eigenvalue weighted by atomic mass is 10.0. The van der Waals surface area contributed by atoms with E-state index in [9.17, 15) is 5.11 Å². The van der Waals surface area contributed by atoms with Crippen molar-refractivity contribution in [3.05, 3.63) is 0 Å². The molecule has 0 amide bonds. The Hall–Kier alpha value is -0.200. The minimum absolute atomic E-state index is 0.253. The Kier molecular flexibility index (Phi) is 6.89. The molecule has 21 heavy (non-hydrogen) atoms. The molecule has 2 saturated heterocycles. The molecule has 2 rings (SSSR count). The van der Waals surface area contributed by atoms with Gasteiger partial charge in [0.15, 0.2) is 0 Å². The van der Waals surface area contributed by atoms with Crippen LogP contribution in [0.4, 0.5) is 0 Å². The summed E-state index contributed by atoms with van der Waals surface area (Å²) >= 11 is 0. The highest BCUT2D eigenvalue weighted by atomic mass is 16.5. The van der Waals surface area contributed by atoms with E-state index in [0.29, 0.717) is 12.1 Å². The summed E-state index contributed by atoms with van der Waals surface area (Å²) in [5.74, 6) is 0. The maximum Gasteiger partial charge on any atom is 0.0793 e. The number of nitrogens with zero attached hydrogens (tertiary/aromatic N) is 3. The number of likely N-dealkylation sites (N-methyl/N-ethyl adjacent to an activating group) is 1. The number of rotatable bonds is 6. The van der Waals surface area contributed by atoms with Gasteiger partial charge in [0.1, 0.15) is 0 Å². The normalized spacial score (nSPS) is 24.9. The minimum Gasteiger partial charge on any atom is -0.390 e. The molecular formula is C16H33N3O2. The Morgan fingerprint density at radius 3 is 2.33 bits per heavy atom. The molecule has 0 bridgehead atoms. The molecule has 2 aliphatic heterocycles. The van der Waals surface area contributed by atoms with Gasteiger partial charge in [0.2, 0.25) is 0 Å². The number of aliphatic hydroxyl groups excluding tert-OH is 1. The third kappa shape index (κ3) is 5.49. The predicted molar refractivity (Wildman–Crippen MR) is 85.6 cm³/mol. The molecule has 2 heterocycles. The molecule has 0 spiro atoms. The zero-order valence-electron chi connectivity index (χ0n) is 14.0. The van der Waals surface area contributed by atoms with Crippen molar-refractivity contribution in [1.82, 2.24) is 14.7 Å². The van der Waals surface area contributed by atoms with Crippen molar-refractivity contribution in [2.75, 3.05) is 59.5 Å². The lowest BCUT2D eigenvalue weighted by Crippen LogP contribution is -2.49. The molecular weight excluding hydrogens is 266 g/mol. The van der Waals surface area contributed by atoms with Crippen LogP contribution >= 0.6 is 0 Å². The Balaban J connectivity index is 1.67. The van der Waals surface area contributed by atoms with E-state index in [0.717, 1.165) is 39.4 Å². The Morgan fingerprint density at radius 1 is 1.14 bits per heavy atom. The van der Waals surface area contributed by atoms with E-state index >= 15 is 0 Å². The summed E-state index contributed by atoms with van der Waals surface area (Å²) in [4.78, 5) is 7.22. The third-order valence-corrected chi connectivity index (χ3v) is 4.92. The molecule has 2 aliphatic rings. The van der Waals surface area contributed by atoms with Gasteiger partial charge in [-0.25, -0.2) is 0 Å². The largest absolute Gasteiger partial charge is 0.390 e. The topological polar surface area (TPSA) is 39.2 Å². The molecule has 0 radical (unpaired) electrons. The van der Waals surface area contributed by atoms with Crippen molar-refractivity contribution >= 4 is 0 Å². The molecule has 5 nitrogen and oxygen atoms in total. The highest BCUT2D eigenvalue weighted by Gasteiger charge is 2.25. The summed E-state index contributed by atoms with van der Waals surface area (Å²) in [5, 5.41) is 10.3. The molecule has 0 aliphatic carbocycles. The highest BCUT2D eigenvalue weighted by molar-refractivity contribution is 4.81. The number of hydrogen-bond donors (Lipinski definition) is 1. The zero-order chi connectivity index (χ0) is 15.2. The standard InChI is InChI=1S/C16H33N3O2/c1-14(2)19-6-4-15(5-7-19)17(3)12-16(20)13-18-8-10-21-11-9-18/h14-16,20H,4-13H2,1-3H3. The van der Waals surface area contributed by atoms with Gasteiger partial charge in [0.25, 0.3) is 0 Å². The first-order valence-corrected chi connectivity index (χ1v) is 8.48. The van der Waals surface area contributed by atoms with Gasteiger partial charge >= 0.3 is 0 Å². The monoisotopic (exact) mass is 299 g/mol. The third-order valence-electron chi connectivity index (χ3n) is 4.92. The first-order chi connectivity index (χ1) is 10.1. The van der Waals surface area contributed by atoms with Crippen LogP contribution in [0.1, 0.15) is 26.7 Å². The van der Waals surface area contributed by atoms with Crippen LogP contribution in [0.15, 0.2) is 0 Å². The van der Waals surface area contributed by atoms with E-state index in [2.05, 4.69) is 35.6 Å². The lowest BCUT2D eigenvalue weighted by Gasteiger charge is -2.39. The maximum absolute atomic E-state index is 10.3. The fourth-order valence-electron chi connectivity index (χ4n) is 3.46. The Bertz CT molecular complexity index is 287. The van der Waals surface area contributed by atoms with Crippen LogP contribution in [0.3, 0.4) is 0 Å². The molecule has 2 fully saturated rings. The van der Waals surface area contributed by atoms with Crippen LogP contribution in [-0.2, 0) is 4.74 Å². The summed E-state index contributed by atoms with van der Waals surface area (Å²) in [6.07, 6.45) is 2.19. The number of β-amino-alcohol motifs (C(OH)–C–C–N with tert-alkyl or cyclic N) is 1. The predicted octanol–water partition coefficient (Wildman–Crippen LogP) is 0.484. The molecule has 0 aromatic carbocycles. The van der Waals surface area contributed by atoms with E-state index in [1.807, 2.05) is 0 Å². The van der Waals surface area contributed by atoms with Gasteiger partial charge in [0, 0.05) is 38.3 Å². The van der Waals surface area contributed by atoms with Gasteiger partial charge in [-0.3, -0.25) is 4.90 Å². The van der Waals surface area contributed by atoms with Gasteiger partial charge in [-0.1, -0.05) is 0 Å². The molecule has 0 saturated carbocycles. The second-order valence-electron chi connectivity index (χ2n) is 6.87. The van der Waals surface area contributed by atoms with Crippen molar-refractivity contribution < 1.29 is 9.84 Å². The second-order valence-corrected chi connectivity index (χ2v) is 6.87. The summed E-state index contributed by atoms with van der Waals surface area (Å²) < 4.78 is 5.35. The van der Waals surface area contributed by atoms with Gasteiger partial charge in [-0.2, -0.15) is 0 Å². The first-order valence-electron chi connectivity index (χ1n) is 8.48. The summed E-state index contributed by atoms with van der Waals surface area (Å²) in [6.45, 7) is 12.0. The Morgan fingerprint density at radius 2 is 1.76 bits per heavy atom. The smallest absolute Gasteiger partial charge is 0.0793 e. The maximum atomic E-state index is 10.3. The molecule has 0 aromatic heterocycles. The first kappa shape index (κ1) is 17.2. The van der Waals surface area contributed by atoms with E-state index in [-0.39, 0.29) is 6.10 Å². The molecule has 124 valence electrons. The lowest BCUT2D eigenvalue weighted by molar-refractivity contribution is 0.00217. The van der Waals surface area contributed by atoms with Crippen LogP contribution in [0, 0.1) is 0 Å². The van der Waals surface area contributed by atoms with Crippen molar-refractivity contribution in [2.45, 2.75) is 44.9 Å². The zero-order valence-corrected chi connectivity index (χ0v) is 14.0. The molecule has 1 atom stereocenters. The minimum atomic E-state index is -0.253. The number of morpholine rings is 1. The van der Waals surface area contributed by atoms with Crippen molar-refractivity contribution in [3.63, 3.8) is 0 Å². The van der Waals surface area contributed by atoms with Crippen LogP contribution in [0.5, 0.6) is 0 Å². The summed E-state index contributed by atoms with van der Waals surface area (Å²) in [6, 6.07) is 1.28. The van der Waals surface area contributed by atoms with Gasteiger partial charge < -0.3 is 19.6 Å². The number of likely N-dealkylation sites (tertiary alicyclic amines) is 1. The fourth-order valence-corrected chi connectivity index (χ4v) is 3.46. The average Bonchev–Trinajstić information content (AvgIpc) is 2.48. The second kappa shape index (κ2) is 8.44. The van der Waals surface area contributed by atoms with Crippen LogP contribution in [0.25, 0.3) is 0 Å². The summed E-state index contributed by atoms with van der Waals surface area (Å²) in [5.41, 5.74) is 0. The highest BCUT2D eigenvalue weighted by Crippen LogP contribution is 2.17. The van der Waals surface area contributed by atoms with Crippen molar-refractivity contribution in [1.29, 1.82) is 0 Å².